The van der Waals surface area contributed by atoms with Crippen LogP contribution in [-0.4, -0.2) is 67.7 Å². The van der Waals surface area contributed by atoms with Crippen LogP contribution in [0.3, 0.4) is 0 Å². The normalized spacial score (nSPS) is 17.0. The van der Waals surface area contributed by atoms with Crippen molar-refractivity contribution in [3.05, 3.63) is 35.4 Å². The number of alkyl halides is 3. The van der Waals surface area contributed by atoms with E-state index in [9.17, 15) is 31.5 Å². The van der Waals surface area contributed by atoms with Crippen molar-refractivity contribution in [2.45, 2.75) is 28.6 Å². The Morgan fingerprint density at radius 3 is 2.38 bits per heavy atom. The molecular formula is C18H18ClF3N4O5S. The number of anilines is 2. The zero-order valence-electron chi connectivity index (χ0n) is 16.6. The summed E-state index contributed by atoms with van der Waals surface area (Å²) < 4.78 is 69.3. The minimum absolute atomic E-state index is 0.286. The van der Waals surface area contributed by atoms with Crippen LogP contribution in [0.4, 0.5) is 24.7 Å². The van der Waals surface area contributed by atoms with Crippen LogP contribution in [0.2, 0.25) is 5.02 Å². The van der Waals surface area contributed by atoms with E-state index in [-0.39, 0.29) is 27.6 Å². The molecule has 1 aromatic carbocycles. The van der Waals surface area contributed by atoms with Gasteiger partial charge in [-0.25, -0.2) is 8.42 Å². The Labute approximate surface area is 186 Å². The van der Waals surface area contributed by atoms with Crippen molar-refractivity contribution < 1.29 is 36.2 Å². The number of aliphatic hydroxyl groups is 1. The smallest absolute Gasteiger partial charge is 0.378 e. The number of benzene rings is 1. The third kappa shape index (κ3) is 4.80. The molecule has 2 N–H and O–H groups in total. The average Bonchev–Trinajstić information content (AvgIpc) is 2.75. The molecule has 0 spiro atoms. The molecule has 1 atom stereocenters. The first-order valence-electron chi connectivity index (χ1n) is 9.15. The number of aromatic nitrogens is 2. The van der Waals surface area contributed by atoms with Gasteiger partial charge < -0.3 is 20.1 Å². The van der Waals surface area contributed by atoms with Crippen LogP contribution < -0.4 is 10.2 Å². The van der Waals surface area contributed by atoms with Crippen molar-refractivity contribution in [1.82, 2.24) is 10.2 Å². The number of morpholine rings is 1. The molecule has 1 aromatic heterocycles. The topological polar surface area (TPSA) is 122 Å². The van der Waals surface area contributed by atoms with Crippen LogP contribution in [0.1, 0.15) is 6.92 Å². The number of ether oxygens (including phenoxy) is 1. The lowest BCUT2D eigenvalue weighted by Gasteiger charge is -2.27. The first-order valence-corrected chi connectivity index (χ1v) is 11.0. The zero-order chi connectivity index (χ0) is 23.7. The molecule has 1 aliphatic rings. The molecule has 2 aromatic rings. The lowest BCUT2D eigenvalue weighted by molar-refractivity contribution is -0.242. The second-order valence-electron chi connectivity index (χ2n) is 7.00. The van der Waals surface area contributed by atoms with E-state index in [1.54, 1.807) is 0 Å². The quantitative estimate of drug-likeness (QED) is 0.647. The summed E-state index contributed by atoms with van der Waals surface area (Å²) in [7, 11) is -4.15. The number of hydrogen-bond acceptors (Lipinski definition) is 8. The molecule has 9 nitrogen and oxygen atoms in total. The molecule has 1 fully saturated rings. The molecule has 0 saturated carbocycles. The van der Waals surface area contributed by atoms with Crippen LogP contribution in [0.5, 0.6) is 0 Å². The first kappa shape index (κ1) is 24.2. The summed E-state index contributed by atoms with van der Waals surface area (Å²) >= 11 is 5.96. The van der Waals surface area contributed by atoms with Crippen LogP contribution in [0.25, 0.3) is 0 Å². The van der Waals surface area contributed by atoms with Gasteiger partial charge in [-0.1, -0.05) is 11.6 Å². The number of halogens is 4. The van der Waals surface area contributed by atoms with Gasteiger partial charge in [-0.15, -0.1) is 10.2 Å². The van der Waals surface area contributed by atoms with Gasteiger partial charge in [0.2, 0.25) is 15.4 Å². The molecule has 0 aliphatic carbocycles. The van der Waals surface area contributed by atoms with Crippen LogP contribution in [0, 0.1) is 0 Å². The largest absolute Gasteiger partial charge is 0.426 e. The fourth-order valence-electron chi connectivity index (χ4n) is 2.68. The highest BCUT2D eigenvalue weighted by molar-refractivity contribution is 7.91. The van der Waals surface area contributed by atoms with Crippen molar-refractivity contribution in [2.75, 3.05) is 36.5 Å². The van der Waals surface area contributed by atoms with E-state index in [4.69, 9.17) is 16.3 Å². The van der Waals surface area contributed by atoms with E-state index in [1.807, 2.05) is 10.2 Å². The lowest BCUT2D eigenvalue weighted by Crippen LogP contribution is -2.52. The minimum atomic E-state index is -5.22. The maximum Gasteiger partial charge on any atom is 0.426 e. The average molecular weight is 495 g/mol. The highest BCUT2D eigenvalue weighted by atomic mass is 35.5. The number of nitrogens with zero attached hydrogens (tertiary/aromatic N) is 3. The molecule has 32 heavy (non-hydrogen) atoms. The number of rotatable bonds is 5. The van der Waals surface area contributed by atoms with Gasteiger partial charge in [-0.2, -0.15) is 13.2 Å². The van der Waals surface area contributed by atoms with Gasteiger partial charge in [0.1, 0.15) is 0 Å². The van der Waals surface area contributed by atoms with Crippen molar-refractivity contribution >= 4 is 38.9 Å². The van der Waals surface area contributed by atoms with Crippen molar-refractivity contribution in [3.8, 4) is 0 Å². The van der Waals surface area contributed by atoms with Crippen LogP contribution in [0.15, 0.2) is 40.3 Å². The Kier molecular flexibility index (Phi) is 6.65. The fourth-order valence-corrected chi connectivity index (χ4v) is 4.12. The summed E-state index contributed by atoms with van der Waals surface area (Å²) in [6.45, 7) is 2.49. The Morgan fingerprint density at radius 1 is 1.19 bits per heavy atom. The first-order chi connectivity index (χ1) is 14.8. The fraction of sp³-hybridized carbons (Fsp3) is 0.389. The number of carbonyl (C=O) groups is 1. The van der Waals surface area contributed by atoms with E-state index in [1.165, 1.54) is 12.1 Å². The zero-order valence-corrected chi connectivity index (χ0v) is 18.1. The predicted octanol–water partition coefficient (Wildman–Crippen LogP) is 2.05. The van der Waals surface area contributed by atoms with E-state index in [0.717, 1.165) is 18.2 Å². The molecule has 3 rings (SSSR count). The standard InChI is InChI=1S/C18H18ClF3N4O5S/c1-17(28,18(20,21)22)16(27)23-13-3-2-11(10-12(13)19)32(29,30)15-5-4-14(24-25-15)26-6-8-31-9-7-26/h2-5,10,28H,6-9H2,1H3,(H,23,27)/t17-/m1/s1. The third-order valence-electron chi connectivity index (χ3n) is 4.73. The highest BCUT2D eigenvalue weighted by Crippen LogP contribution is 2.33. The van der Waals surface area contributed by atoms with Crippen LogP contribution >= 0.6 is 11.6 Å². The molecule has 1 saturated heterocycles. The number of carbonyl (C=O) groups excluding carboxylic acids is 1. The third-order valence-corrected chi connectivity index (χ3v) is 6.69. The molecule has 0 radical (unpaired) electrons. The maximum atomic E-state index is 12.8. The Balaban J connectivity index is 1.81. The van der Waals surface area contributed by atoms with Gasteiger partial charge in [-0.05, 0) is 37.3 Å². The molecule has 1 aliphatic heterocycles. The van der Waals surface area contributed by atoms with Gasteiger partial charge in [0.05, 0.1) is 28.8 Å². The second-order valence-corrected chi connectivity index (χ2v) is 9.30. The van der Waals surface area contributed by atoms with E-state index in [2.05, 4.69) is 10.2 Å². The predicted molar refractivity (Wildman–Crippen MR) is 107 cm³/mol. The van der Waals surface area contributed by atoms with Crippen molar-refractivity contribution in [3.63, 3.8) is 0 Å². The van der Waals surface area contributed by atoms with Gasteiger partial charge in [0.25, 0.3) is 5.91 Å². The summed E-state index contributed by atoms with van der Waals surface area (Å²) in [6.07, 6.45) is -5.22. The van der Waals surface area contributed by atoms with Crippen molar-refractivity contribution in [1.29, 1.82) is 0 Å². The summed E-state index contributed by atoms with van der Waals surface area (Å²) in [5.74, 6) is -1.29. The van der Waals surface area contributed by atoms with E-state index in [0.29, 0.717) is 32.1 Å². The summed E-state index contributed by atoms with van der Waals surface area (Å²) in [5, 5.41) is 18.3. The molecule has 0 unspecified atom stereocenters. The van der Waals surface area contributed by atoms with Gasteiger partial charge in [0, 0.05) is 13.1 Å². The number of nitrogens with one attached hydrogen (secondary N) is 1. The highest BCUT2D eigenvalue weighted by Gasteiger charge is 2.55. The Hall–Kier alpha value is -2.48. The monoisotopic (exact) mass is 494 g/mol. The summed E-state index contributed by atoms with van der Waals surface area (Å²) in [4.78, 5) is 13.4. The minimum Gasteiger partial charge on any atom is -0.378 e. The molecule has 1 amide bonds. The molecular weight excluding hydrogens is 477 g/mol. The van der Waals surface area contributed by atoms with E-state index < -0.39 is 27.5 Å². The van der Waals surface area contributed by atoms with Gasteiger partial charge in [-0.3, -0.25) is 4.79 Å². The number of amides is 1. The maximum absolute atomic E-state index is 12.8. The molecule has 2 heterocycles. The summed E-state index contributed by atoms with van der Waals surface area (Å²) in [6, 6.07) is 5.77. The van der Waals surface area contributed by atoms with E-state index >= 15 is 0 Å². The molecule has 0 bridgehead atoms. The second kappa shape index (κ2) is 8.81. The van der Waals surface area contributed by atoms with Crippen LogP contribution in [-0.2, 0) is 19.4 Å². The lowest BCUT2D eigenvalue weighted by atomic mass is 10.1. The Morgan fingerprint density at radius 2 is 1.84 bits per heavy atom. The Bertz CT molecular complexity index is 1100. The number of sulfone groups is 1. The summed E-state index contributed by atoms with van der Waals surface area (Å²) in [5.41, 5.74) is -3.98. The number of hydrogen-bond donors (Lipinski definition) is 2. The SMILES string of the molecule is C[C@@](O)(C(=O)Nc1ccc(S(=O)(=O)c2ccc(N3CCOCC3)nn2)cc1Cl)C(F)(F)F. The molecule has 14 heteroatoms. The van der Waals surface area contributed by atoms with Gasteiger partial charge in [0.15, 0.2) is 10.8 Å². The van der Waals surface area contributed by atoms with Crippen molar-refractivity contribution in [2.24, 2.45) is 0 Å². The molecule has 174 valence electrons. The van der Waals surface area contributed by atoms with Gasteiger partial charge >= 0.3 is 6.18 Å².